The third-order valence-electron chi connectivity index (χ3n) is 4.00. The Bertz CT molecular complexity index is 771. The number of rotatable bonds is 6. The van der Waals surface area contributed by atoms with Gasteiger partial charge >= 0.3 is 6.09 Å². The summed E-state index contributed by atoms with van der Waals surface area (Å²) in [5, 5.41) is 2.74. The molecular formula is C22H29N3O3. The quantitative estimate of drug-likeness (QED) is 0.813. The summed E-state index contributed by atoms with van der Waals surface area (Å²) in [6.07, 6.45) is 2.82. The Kier molecular flexibility index (Phi) is 7.15. The Labute approximate surface area is 166 Å². The lowest BCUT2D eigenvalue weighted by Gasteiger charge is -2.30. The van der Waals surface area contributed by atoms with Gasteiger partial charge in [0, 0.05) is 18.1 Å². The highest BCUT2D eigenvalue weighted by Crippen LogP contribution is 2.20. The van der Waals surface area contributed by atoms with Crippen molar-refractivity contribution in [3.63, 3.8) is 0 Å². The largest absolute Gasteiger partial charge is 0.444 e. The molecule has 6 nitrogen and oxygen atoms in total. The van der Waals surface area contributed by atoms with Crippen molar-refractivity contribution in [1.82, 2.24) is 10.3 Å². The summed E-state index contributed by atoms with van der Waals surface area (Å²) in [7, 11) is 0. The number of benzene rings is 1. The zero-order valence-electron chi connectivity index (χ0n) is 17.2. The van der Waals surface area contributed by atoms with Crippen LogP contribution in [0.2, 0.25) is 0 Å². The fourth-order valence-corrected chi connectivity index (χ4v) is 2.69. The maximum absolute atomic E-state index is 13.4. The smallest absolute Gasteiger partial charge is 0.408 e. The zero-order valence-corrected chi connectivity index (χ0v) is 17.2. The van der Waals surface area contributed by atoms with Gasteiger partial charge in [-0.1, -0.05) is 38.1 Å². The number of alkyl carbamates (subject to hydrolysis) is 1. The van der Waals surface area contributed by atoms with Gasteiger partial charge in [-0.2, -0.15) is 0 Å². The molecule has 0 aliphatic heterocycles. The minimum absolute atomic E-state index is 0.111. The van der Waals surface area contributed by atoms with Crippen LogP contribution in [0.15, 0.2) is 54.9 Å². The molecule has 28 heavy (non-hydrogen) atoms. The predicted molar refractivity (Wildman–Crippen MR) is 110 cm³/mol. The van der Waals surface area contributed by atoms with Gasteiger partial charge in [0.25, 0.3) is 0 Å². The lowest BCUT2D eigenvalue weighted by atomic mass is 10.0. The average molecular weight is 383 g/mol. The van der Waals surface area contributed by atoms with E-state index >= 15 is 0 Å². The third kappa shape index (κ3) is 6.37. The van der Waals surface area contributed by atoms with Crippen LogP contribution in [-0.4, -0.2) is 28.6 Å². The van der Waals surface area contributed by atoms with Crippen molar-refractivity contribution >= 4 is 17.7 Å². The number of carbonyl (C=O) groups excluding carboxylic acids is 2. The second-order valence-corrected chi connectivity index (χ2v) is 7.99. The number of ether oxygens (including phenoxy) is 1. The van der Waals surface area contributed by atoms with Crippen LogP contribution < -0.4 is 10.2 Å². The lowest BCUT2D eigenvalue weighted by Crippen LogP contribution is -2.52. The van der Waals surface area contributed by atoms with Crippen LogP contribution >= 0.6 is 0 Å². The number of nitrogens with one attached hydrogen (secondary N) is 1. The molecule has 0 radical (unpaired) electrons. The molecule has 2 amide bonds. The van der Waals surface area contributed by atoms with Crippen molar-refractivity contribution in [3.8, 4) is 0 Å². The van der Waals surface area contributed by atoms with Crippen molar-refractivity contribution in [2.45, 2.75) is 52.8 Å². The number of carbonyl (C=O) groups is 2. The normalized spacial score (nSPS) is 12.4. The number of para-hydroxylation sites is 1. The number of anilines is 1. The maximum atomic E-state index is 13.4. The van der Waals surface area contributed by atoms with Gasteiger partial charge in [0.1, 0.15) is 11.6 Å². The van der Waals surface area contributed by atoms with Gasteiger partial charge in [0.15, 0.2) is 0 Å². The molecule has 0 bridgehead atoms. The van der Waals surface area contributed by atoms with Crippen molar-refractivity contribution in [2.75, 3.05) is 4.90 Å². The number of hydrogen-bond donors (Lipinski definition) is 1. The predicted octanol–water partition coefficient (Wildman–Crippen LogP) is 4.16. The van der Waals surface area contributed by atoms with Gasteiger partial charge in [0.05, 0.1) is 6.54 Å². The summed E-state index contributed by atoms with van der Waals surface area (Å²) >= 11 is 0. The molecule has 2 aromatic rings. The molecule has 1 heterocycles. The Morgan fingerprint density at radius 1 is 1.11 bits per heavy atom. The minimum Gasteiger partial charge on any atom is -0.444 e. The first-order valence-electron chi connectivity index (χ1n) is 9.42. The summed E-state index contributed by atoms with van der Waals surface area (Å²) in [4.78, 5) is 31.5. The number of amides is 2. The molecule has 1 atom stereocenters. The number of nitrogens with zero attached hydrogens (tertiary/aromatic N) is 2. The van der Waals surface area contributed by atoms with E-state index in [4.69, 9.17) is 4.74 Å². The standard InChI is InChI=1S/C22H29N3O3/c1-16(2)19(24-21(27)28-22(3,4)5)20(26)25(18-11-7-6-8-12-18)15-17-10-9-13-23-14-17/h6-14,16,19H,15H2,1-5H3,(H,24,27). The summed E-state index contributed by atoms with van der Waals surface area (Å²) in [5.41, 5.74) is 1.02. The number of aromatic nitrogens is 1. The van der Waals surface area contributed by atoms with Gasteiger partial charge in [-0.05, 0) is 50.5 Å². The zero-order chi connectivity index (χ0) is 20.7. The van der Waals surface area contributed by atoms with E-state index in [1.807, 2.05) is 56.3 Å². The lowest BCUT2D eigenvalue weighted by molar-refractivity contribution is -0.121. The first-order valence-corrected chi connectivity index (χ1v) is 9.42. The molecule has 6 heteroatoms. The molecule has 150 valence electrons. The van der Waals surface area contributed by atoms with Gasteiger partial charge in [0.2, 0.25) is 5.91 Å². The Balaban J connectivity index is 2.28. The van der Waals surface area contributed by atoms with Crippen LogP contribution in [0, 0.1) is 5.92 Å². The summed E-state index contributed by atoms with van der Waals surface area (Å²) in [5.74, 6) is -0.309. The maximum Gasteiger partial charge on any atom is 0.408 e. The van der Waals surface area contributed by atoms with Crippen LogP contribution in [0.5, 0.6) is 0 Å². The Morgan fingerprint density at radius 3 is 2.32 bits per heavy atom. The number of pyridine rings is 1. The van der Waals surface area contributed by atoms with E-state index in [1.54, 1.807) is 38.1 Å². The molecule has 1 aromatic carbocycles. The third-order valence-corrected chi connectivity index (χ3v) is 4.00. The summed E-state index contributed by atoms with van der Waals surface area (Å²) < 4.78 is 5.34. The van der Waals surface area contributed by atoms with Crippen molar-refractivity contribution in [2.24, 2.45) is 5.92 Å². The van der Waals surface area contributed by atoms with Crippen LogP contribution in [0.3, 0.4) is 0 Å². The monoisotopic (exact) mass is 383 g/mol. The SMILES string of the molecule is CC(C)C(NC(=O)OC(C)(C)C)C(=O)N(Cc1cccnc1)c1ccccc1. The molecule has 0 fully saturated rings. The van der Waals surface area contributed by atoms with Crippen molar-refractivity contribution in [1.29, 1.82) is 0 Å². The van der Waals surface area contributed by atoms with E-state index in [-0.39, 0.29) is 11.8 Å². The molecule has 0 spiro atoms. The van der Waals surface area contributed by atoms with Crippen molar-refractivity contribution < 1.29 is 14.3 Å². The molecule has 0 aliphatic rings. The van der Waals surface area contributed by atoms with E-state index in [0.717, 1.165) is 11.3 Å². The van der Waals surface area contributed by atoms with Gasteiger partial charge < -0.3 is 15.0 Å². The molecule has 1 aromatic heterocycles. The summed E-state index contributed by atoms with van der Waals surface area (Å²) in [6.45, 7) is 9.52. The first-order chi connectivity index (χ1) is 13.2. The molecule has 1 unspecified atom stereocenters. The minimum atomic E-state index is -0.716. The van der Waals surface area contributed by atoms with Gasteiger partial charge in [-0.25, -0.2) is 4.79 Å². The van der Waals surface area contributed by atoms with E-state index in [0.29, 0.717) is 6.54 Å². The fraction of sp³-hybridized carbons (Fsp3) is 0.409. The molecule has 0 saturated carbocycles. The highest BCUT2D eigenvalue weighted by atomic mass is 16.6. The van der Waals surface area contributed by atoms with Crippen LogP contribution in [0.25, 0.3) is 0 Å². The van der Waals surface area contributed by atoms with Crippen LogP contribution in [-0.2, 0) is 16.1 Å². The average Bonchev–Trinajstić information content (AvgIpc) is 2.63. The highest BCUT2D eigenvalue weighted by molar-refractivity contribution is 5.98. The van der Waals surface area contributed by atoms with Gasteiger partial charge in [-0.15, -0.1) is 0 Å². The molecular weight excluding hydrogens is 354 g/mol. The Hall–Kier alpha value is -2.89. The van der Waals surface area contributed by atoms with Gasteiger partial charge in [-0.3, -0.25) is 9.78 Å². The molecule has 1 N–H and O–H groups in total. The number of hydrogen-bond acceptors (Lipinski definition) is 4. The first kappa shape index (κ1) is 21.4. The van der Waals surface area contributed by atoms with Crippen LogP contribution in [0.1, 0.15) is 40.2 Å². The molecule has 0 saturated heterocycles. The van der Waals surface area contributed by atoms with E-state index < -0.39 is 17.7 Å². The molecule has 2 rings (SSSR count). The highest BCUT2D eigenvalue weighted by Gasteiger charge is 2.31. The van der Waals surface area contributed by atoms with E-state index in [2.05, 4.69) is 10.3 Å². The van der Waals surface area contributed by atoms with E-state index in [9.17, 15) is 9.59 Å². The second kappa shape index (κ2) is 9.35. The summed E-state index contributed by atoms with van der Waals surface area (Å²) in [6, 6.07) is 12.4. The second-order valence-electron chi connectivity index (χ2n) is 7.99. The Morgan fingerprint density at radius 2 is 1.79 bits per heavy atom. The fourth-order valence-electron chi connectivity index (χ4n) is 2.69. The topological polar surface area (TPSA) is 71.5 Å². The molecule has 0 aliphatic carbocycles. The van der Waals surface area contributed by atoms with Crippen molar-refractivity contribution in [3.05, 3.63) is 60.4 Å². The van der Waals surface area contributed by atoms with Crippen LogP contribution in [0.4, 0.5) is 10.5 Å². The van der Waals surface area contributed by atoms with E-state index in [1.165, 1.54) is 0 Å².